The Bertz CT molecular complexity index is 992. The van der Waals surface area contributed by atoms with Crippen molar-refractivity contribution in [3.8, 4) is 0 Å². The smallest absolute Gasteiger partial charge is 0.293 e. The molecule has 0 saturated carbocycles. The molecule has 3 rings (SSSR count). The minimum atomic E-state index is -0.107. The Balaban J connectivity index is 1.44. The largest absolute Gasteiger partial charge is 0.368 e. The molecule has 1 aromatic carbocycles. The van der Waals surface area contributed by atoms with E-state index in [4.69, 9.17) is 11.6 Å². The van der Waals surface area contributed by atoms with Crippen LogP contribution in [0.1, 0.15) is 11.3 Å². The maximum Gasteiger partial charge on any atom is 0.293 e. The van der Waals surface area contributed by atoms with E-state index in [1.807, 2.05) is 43.3 Å². The van der Waals surface area contributed by atoms with E-state index < -0.39 is 0 Å². The molecule has 0 spiro atoms. The average Bonchev–Trinajstić information content (AvgIpc) is 2.75. The molecule has 8 heteroatoms. The van der Waals surface area contributed by atoms with Crippen LogP contribution in [-0.4, -0.2) is 40.7 Å². The number of benzene rings is 1. The molecule has 0 bridgehead atoms. The van der Waals surface area contributed by atoms with Crippen LogP contribution in [0.4, 0.5) is 11.6 Å². The molecule has 0 aliphatic heterocycles. The molecule has 0 saturated heterocycles. The van der Waals surface area contributed by atoms with Crippen LogP contribution in [-0.2, 0) is 13.0 Å². The van der Waals surface area contributed by atoms with Crippen LogP contribution in [0.15, 0.2) is 59.7 Å². The first-order chi connectivity index (χ1) is 14.6. The molecule has 7 nitrogen and oxygen atoms in total. The summed E-state index contributed by atoms with van der Waals surface area (Å²) in [7, 11) is 0. The summed E-state index contributed by atoms with van der Waals surface area (Å²) in [5.41, 5.74) is 1.93. The fraction of sp³-hybridized carbons (Fsp3) is 0.318. The quantitative estimate of drug-likeness (QED) is 0.409. The molecular weight excluding hydrogens is 400 g/mol. The third kappa shape index (κ3) is 6.57. The van der Waals surface area contributed by atoms with E-state index in [1.54, 1.807) is 17.0 Å². The predicted octanol–water partition coefficient (Wildman–Crippen LogP) is 2.96. The summed E-state index contributed by atoms with van der Waals surface area (Å²) in [5.74, 6) is 1.17. The van der Waals surface area contributed by atoms with Crippen molar-refractivity contribution >= 4 is 23.2 Å². The number of pyridine rings is 1. The van der Waals surface area contributed by atoms with Crippen LogP contribution in [0.25, 0.3) is 0 Å². The van der Waals surface area contributed by atoms with Gasteiger partial charge in [0.2, 0.25) is 0 Å². The Kier molecular flexibility index (Phi) is 8.23. The van der Waals surface area contributed by atoms with Crippen LogP contribution in [0.5, 0.6) is 0 Å². The monoisotopic (exact) mass is 426 g/mol. The van der Waals surface area contributed by atoms with Crippen molar-refractivity contribution < 1.29 is 0 Å². The van der Waals surface area contributed by atoms with E-state index >= 15 is 0 Å². The Labute approximate surface area is 181 Å². The summed E-state index contributed by atoms with van der Waals surface area (Å²) < 4.78 is 1.74. The van der Waals surface area contributed by atoms with Gasteiger partial charge in [0.15, 0.2) is 5.82 Å². The molecule has 0 atom stereocenters. The van der Waals surface area contributed by atoms with Gasteiger partial charge in [0.25, 0.3) is 5.56 Å². The van der Waals surface area contributed by atoms with Crippen molar-refractivity contribution in [2.75, 3.05) is 36.8 Å². The number of hydrogen-bond acceptors (Lipinski definition) is 6. The summed E-state index contributed by atoms with van der Waals surface area (Å²) in [6.07, 6.45) is 4.35. The molecule has 3 aromatic rings. The number of rotatable bonds is 11. The topological polar surface area (TPSA) is 83.9 Å². The minimum absolute atomic E-state index is 0.107. The maximum atomic E-state index is 12.7. The highest BCUT2D eigenvalue weighted by molar-refractivity contribution is 6.30. The second kappa shape index (κ2) is 11.3. The van der Waals surface area contributed by atoms with Crippen LogP contribution < -0.4 is 21.5 Å². The van der Waals surface area contributed by atoms with Crippen molar-refractivity contribution in [2.45, 2.75) is 19.9 Å². The molecule has 0 aliphatic carbocycles. The van der Waals surface area contributed by atoms with E-state index in [2.05, 4.69) is 32.0 Å². The fourth-order valence-corrected chi connectivity index (χ4v) is 3.26. The van der Waals surface area contributed by atoms with Gasteiger partial charge in [-0.25, -0.2) is 9.97 Å². The lowest BCUT2D eigenvalue weighted by Gasteiger charge is -2.13. The standard InChI is InChI=1S/C22H27ClN6O/c1-17-16-28-21(27-12-11-26-20-7-2-3-9-25-20)22(30)29(17)14-13-24-10-8-18-5-4-6-19(23)15-18/h2-7,9,15-16,24H,8,10-14H2,1H3,(H,25,26)(H,27,28). The normalized spacial score (nSPS) is 10.7. The summed E-state index contributed by atoms with van der Waals surface area (Å²) in [5, 5.41) is 10.4. The number of hydrogen-bond donors (Lipinski definition) is 3. The fourth-order valence-electron chi connectivity index (χ4n) is 3.05. The summed E-state index contributed by atoms with van der Waals surface area (Å²) in [6.45, 7) is 5.21. The third-order valence-corrected chi connectivity index (χ3v) is 4.87. The third-order valence-electron chi connectivity index (χ3n) is 4.63. The molecule has 0 aliphatic rings. The van der Waals surface area contributed by atoms with Crippen molar-refractivity contribution in [1.82, 2.24) is 19.9 Å². The highest BCUT2D eigenvalue weighted by Gasteiger charge is 2.07. The predicted molar refractivity (Wildman–Crippen MR) is 122 cm³/mol. The van der Waals surface area contributed by atoms with Gasteiger partial charge in [-0.1, -0.05) is 29.8 Å². The molecule has 3 N–H and O–H groups in total. The minimum Gasteiger partial charge on any atom is -0.368 e. The summed E-state index contributed by atoms with van der Waals surface area (Å²) in [4.78, 5) is 21.2. The Hall–Kier alpha value is -2.90. The second-order valence-corrected chi connectivity index (χ2v) is 7.34. The number of halogens is 1. The SMILES string of the molecule is Cc1cnc(NCCNc2ccccn2)c(=O)n1CCNCCc1cccc(Cl)c1. The Morgan fingerprint density at radius 2 is 1.87 bits per heavy atom. The number of nitrogens with zero attached hydrogens (tertiary/aromatic N) is 3. The number of aryl methyl sites for hydroxylation is 1. The van der Waals surface area contributed by atoms with Crippen LogP contribution in [0, 0.1) is 6.92 Å². The van der Waals surface area contributed by atoms with Crippen LogP contribution in [0.2, 0.25) is 5.02 Å². The molecular formula is C22H27ClN6O. The average molecular weight is 427 g/mol. The van der Waals surface area contributed by atoms with Gasteiger partial charge in [0, 0.05) is 49.3 Å². The van der Waals surface area contributed by atoms with Crippen molar-refractivity contribution in [3.63, 3.8) is 0 Å². The van der Waals surface area contributed by atoms with Crippen LogP contribution >= 0.6 is 11.6 Å². The Morgan fingerprint density at radius 1 is 1.00 bits per heavy atom. The van der Waals surface area contributed by atoms with Gasteiger partial charge in [-0.05, 0) is 49.7 Å². The van der Waals surface area contributed by atoms with Gasteiger partial charge in [-0.2, -0.15) is 0 Å². The van der Waals surface area contributed by atoms with Gasteiger partial charge in [-0.3, -0.25) is 4.79 Å². The molecule has 0 radical (unpaired) electrons. The zero-order valence-electron chi connectivity index (χ0n) is 17.1. The molecule has 0 fully saturated rings. The van der Waals surface area contributed by atoms with Gasteiger partial charge >= 0.3 is 0 Å². The molecule has 2 aromatic heterocycles. The first-order valence-corrected chi connectivity index (χ1v) is 10.4. The molecule has 30 heavy (non-hydrogen) atoms. The van der Waals surface area contributed by atoms with E-state index in [0.29, 0.717) is 32.0 Å². The van der Waals surface area contributed by atoms with E-state index in [-0.39, 0.29) is 5.56 Å². The molecule has 158 valence electrons. The number of nitrogens with one attached hydrogen (secondary N) is 3. The van der Waals surface area contributed by atoms with Gasteiger partial charge < -0.3 is 20.5 Å². The lowest BCUT2D eigenvalue weighted by molar-refractivity contribution is 0.574. The lowest BCUT2D eigenvalue weighted by atomic mass is 10.1. The second-order valence-electron chi connectivity index (χ2n) is 6.90. The summed E-state index contributed by atoms with van der Waals surface area (Å²) >= 11 is 6.01. The van der Waals surface area contributed by atoms with Crippen molar-refractivity contribution in [3.05, 3.63) is 81.5 Å². The van der Waals surface area contributed by atoms with Gasteiger partial charge in [0.1, 0.15) is 5.82 Å². The molecule has 0 unspecified atom stereocenters. The molecule has 0 amide bonds. The van der Waals surface area contributed by atoms with Gasteiger partial charge in [0.05, 0.1) is 0 Å². The van der Waals surface area contributed by atoms with Crippen LogP contribution in [0.3, 0.4) is 0 Å². The van der Waals surface area contributed by atoms with E-state index in [9.17, 15) is 4.79 Å². The van der Waals surface area contributed by atoms with Crippen molar-refractivity contribution in [2.24, 2.45) is 0 Å². The Morgan fingerprint density at radius 3 is 2.67 bits per heavy atom. The first kappa shape index (κ1) is 21.8. The van der Waals surface area contributed by atoms with Gasteiger partial charge in [-0.15, -0.1) is 0 Å². The first-order valence-electron chi connectivity index (χ1n) is 10.0. The summed E-state index contributed by atoms with van der Waals surface area (Å²) in [6, 6.07) is 13.6. The zero-order chi connectivity index (χ0) is 21.2. The molecule has 2 heterocycles. The number of aromatic nitrogens is 3. The van der Waals surface area contributed by atoms with E-state index in [0.717, 1.165) is 29.5 Å². The highest BCUT2D eigenvalue weighted by atomic mass is 35.5. The van der Waals surface area contributed by atoms with Crippen molar-refractivity contribution in [1.29, 1.82) is 0 Å². The van der Waals surface area contributed by atoms with E-state index in [1.165, 1.54) is 5.56 Å². The highest BCUT2D eigenvalue weighted by Crippen LogP contribution is 2.10. The maximum absolute atomic E-state index is 12.7. The lowest BCUT2D eigenvalue weighted by Crippen LogP contribution is -2.32. The zero-order valence-corrected chi connectivity index (χ0v) is 17.8. The number of anilines is 2.